The Balaban J connectivity index is 3.67. The van der Waals surface area contributed by atoms with Gasteiger partial charge in [-0.25, -0.2) is 4.79 Å². The van der Waals surface area contributed by atoms with Gasteiger partial charge >= 0.3 is 5.97 Å². The number of carboxylic acid groups (broad SMARTS) is 1. The van der Waals surface area contributed by atoms with Gasteiger partial charge in [0.05, 0.1) is 0 Å². The molecular formula is C10H19NO4. The fourth-order valence-electron chi connectivity index (χ4n) is 1.19. The van der Waals surface area contributed by atoms with Crippen LogP contribution in [-0.2, 0) is 9.59 Å². The number of amides is 1. The van der Waals surface area contributed by atoms with Gasteiger partial charge in [0.1, 0.15) is 0 Å². The monoisotopic (exact) mass is 217 g/mol. The van der Waals surface area contributed by atoms with E-state index in [2.05, 4.69) is 5.32 Å². The maximum atomic E-state index is 11.3. The molecule has 5 nitrogen and oxygen atoms in total. The Morgan fingerprint density at radius 2 is 1.93 bits per heavy atom. The van der Waals surface area contributed by atoms with E-state index < -0.39 is 12.1 Å². The third-order valence-electron chi connectivity index (χ3n) is 2.17. The van der Waals surface area contributed by atoms with Crippen molar-refractivity contribution in [2.24, 2.45) is 5.92 Å². The van der Waals surface area contributed by atoms with Crippen LogP contribution >= 0.6 is 0 Å². The van der Waals surface area contributed by atoms with E-state index in [0.717, 1.165) is 12.8 Å². The molecule has 15 heavy (non-hydrogen) atoms. The van der Waals surface area contributed by atoms with Crippen LogP contribution in [0.3, 0.4) is 0 Å². The first-order chi connectivity index (χ1) is 6.99. The van der Waals surface area contributed by atoms with Crippen LogP contribution in [0, 0.1) is 5.92 Å². The van der Waals surface area contributed by atoms with Crippen LogP contribution in [0.15, 0.2) is 0 Å². The van der Waals surface area contributed by atoms with Crippen LogP contribution in [0.5, 0.6) is 0 Å². The van der Waals surface area contributed by atoms with Gasteiger partial charge in [0.15, 0.2) is 6.10 Å². The molecule has 2 unspecified atom stereocenters. The van der Waals surface area contributed by atoms with E-state index in [0.29, 0.717) is 0 Å². The predicted molar refractivity (Wildman–Crippen MR) is 55.3 cm³/mol. The molecule has 0 spiro atoms. The van der Waals surface area contributed by atoms with Gasteiger partial charge in [-0.2, -0.15) is 0 Å². The third kappa shape index (κ3) is 6.06. The number of aliphatic carboxylic acids is 1. The van der Waals surface area contributed by atoms with Gasteiger partial charge in [0.25, 0.3) is 0 Å². The standard InChI is InChI=1S/C10H19NO4/c1-3-4-7(2)9(13)11-6-5-8(12)10(14)15/h7-8,12H,3-6H2,1-2H3,(H,11,13)(H,14,15). The van der Waals surface area contributed by atoms with Crippen molar-refractivity contribution in [2.45, 2.75) is 39.2 Å². The highest BCUT2D eigenvalue weighted by Gasteiger charge is 2.14. The van der Waals surface area contributed by atoms with Crippen LogP contribution in [0.1, 0.15) is 33.1 Å². The van der Waals surface area contributed by atoms with E-state index in [4.69, 9.17) is 10.2 Å². The number of carbonyl (C=O) groups is 2. The normalized spacial score (nSPS) is 14.3. The first-order valence-corrected chi connectivity index (χ1v) is 5.17. The number of aliphatic hydroxyl groups is 1. The van der Waals surface area contributed by atoms with Crippen molar-refractivity contribution in [1.29, 1.82) is 0 Å². The molecule has 88 valence electrons. The molecule has 0 radical (unpaired) electrons. The van der Waals surface area contributed by atoms with Gasteiger partial charge < -0.3 is 15.5 Å². The number of nitrogens with one attached hydrogen (secondary N) is 1. The van der Waals surface area contributed by atoms with Gasteiger partial charge in [0.2, 0.25) is 5.91 Å². The minimum absolute atomic E-state index is 0.0416. The van der Waals surface area contributed by atoms with Crippen LogP contribution in [0.25, 0.3) is 0 Å². The summed E-state index contributed by atoms with van der Waals surface area (Å²) in [6.07, 6.45) is 0.395. The number of hydrogen-bond donors (Lipinski definition) is 3. The number of rotatable bonds is 7. The lowest BCUT2D eigenvalue weighted by atomic mass is 10.1. The minimum Gasteiger partial charge on any atom is -0.479 e. The second kappa shape index (κ2) is 7.23. The summed E-state index contributed by atoms with van der Waals surface area (Å²) >= 11 is 0. The minimum atomic E-state index is -1.40. The Bertz CT molecular complexity index is 217. The largest absolute Gasteiger partial charge is 0.479 e. The summed E-state index contributed by atoms with van der Waals surface area (Å²) in [5.41, 5.74) is 0. The second-order valence-electron chi connectivity index (χ2n) is 3.62. The Kier molecular flexibility index (Phi) is 6.70. The molecule has 0 rings (SSSR count). The molecule has 3 N–H and O–H groups in total. The maximum absolute atomic E-state index is 11.3. The fraction of sp³-hybridized carbons (Fsp3) is 0.800. The van der Waals surface area contributed by atoms with Crippen molar-refractivity contribution in [3.8, 4) is 0 Å². The lowest BCUT2D eigenvalue weighted by Crippen LogP contribution is -2.33. The highest BCUT2D eigenvalue weighted by molar-refractivity contribution is 5.78. The first-order valence-electron chi connectivity index (χ1n) is 5.17. The second-order valence-corrected chi connectivity index (χ2v) is 3.62. The van der Waals surface area contributed by atoms with Gasteiger partial charge in [-0.1, -0.05) is 20.3 Å². The van der Waals surface area contributed by atoms with E-state index in [9.17, 15) is 9.59 Å². The quantitative estimate of drug-likeness (QED) is 0.575. The summed E-state index contributed by atoms with van der Waals surface area (Å²) < 4.78 is 0. The average Bonchev–Trinajstić information content (AvgIpc) is 2.17. The van der Waals surface area contributed by atoms with Crippen LogP contribution in [-0.4, -0.2) is 34.7 Å². The zero-order valence-electron chi connectivity index (χ0n) is 9.19. The molecule has 5 heteroatoms. The van der Waals surface area contributed by atoms with Gasteiger partial charge in [0, 0.05) is 18.9 Å². The molecule has 2 atom stereocenters. The molecule has 0 saturated carbocycles. The summed E-state index contributed by atoms with van der Waals surface area (Å²) in [5, 5.41) is 19.9. The molecule has 0 aromatic carbocycles. The van der Waals surface area contributed by atoms with Crippen molar-refractivity contribution in [3.05, 3.63) is 0 Å². The van der Waals surface area contributed by atoms with Crippen molar-refractivity contribution >= 4 is 11.9 Å². The van der Waals surface area contributed by atoms with E-state index in [1.165, 1.54) is 0 Å². The maximum Gasteiger partial charge on any atom is 0.332 e. The number of hydrogen-bond acceptors (Lipinski definition) is 3. The number of carboxylic acids is 1. The summed E-state index contributed by atoms with van der Waals surface area (Å²) in [6.45, 7) is 4.02. The third-order valence-corrected chi connectivity index (χ3v) is 2.17. The summed E-state index contributed by atoms with van der Waals surface area (Å²) in [5.74, 6) is -1.41. The number of aliphatic hydroxyl groups excluding tert-OH is 1. The van der Waals surface area contributed by atoms with Crippen LogP contribution in [0.2, 0.25) is 0 Å². The SMILES string of the molecule is CCCC(C)C(=O)NCCC(O)C(=O)O. The highest BCUT2D eigenvalue weighted by atomic mass is 16.4. The van der Waals surface area contributed by atoms with E-state index in [1.54, 1.807) is 0 Å². The van der Waals surface area contributed by atoms with Crippen molar-refractivity contribution in [3.63, 3.8) is 0 Å². The molecule has 0 aliphatic heterocycles. The van der Waals surface area contributed by atoms with E-state index in [1.807, 2.05) is 13.8 Å². The summed E-state index contributed by atoms with van der Waals surface area (Å²) in [4.78, 5) is 21.6. The van der Waals surface area contributed by atoms with Crippen molar-refractivity contribution in [1.82, 2.24) is 5.32 Å². The summed E-state index contributed by atoms with van der Waals surface area (Å²) in [6, 6.07) is 0. The fourth-order valence-corrected chi connectivity index (χ4v) is 1.19. The van der Waals surface area contributed by atoms with Gasteiger partial charge in [-0.05, 0) is 6.42 Å². The lowest BCUT2D eigenvalue weighted by Gasteiger charge is -2.11. The Morgan fingerprint density at radius 1 is 1.33 bits per heavy atom. The van der Waals surface area contributed by atoms with Crippen LogP contribution in [0.4, 0.5) is 0 Å². The van der Waals surface area contributed by atoms with Gasteiger partial charge in [-0.15, -0.1) is 0 Å². The zero-order valence-corrected chi connectivity index (χ0v) is 9.19. The van der Waals surface area contributed by atoms with E-state index in [-0.39, 0.29) is 24.8 Å². The molecule has 1 amide bonds. The molecule has 0 heterocycles. The molecular weight excluding hydrogens is 198 g/mol. The summed E-state index contributed by atoms with van der Waals surface area (Å²) in [7, 11) is 0. The van der Waals surface area contributed by atoms with E-state index >= 15 is 0 Å². The molecule has 0 bridgehead atoms. The lowest BCUT2D eigenvalue weighted by molar-refractivity contribution is -0.147. The Labute approximate surface area is 89.5 Å². The molecule has 0 aromatic rings. The smallest absolute Gasteiger partial charge is 0.332 e. The van der Waals surface area contributed by atoms with Crippen molar-refractivity contribution < 1.29 is 19.8 Å². The molecule has 0 fully saturated rings. The zero-order chi connectivity index (χ0) is 11.8. The van der Waals surface area contributed by atoms with Crippen LogP contribution < -0.4 is 5.32 Å². The van der Waals surface area contributed by atoms with Crippen molar-refractivity contribution in [2.75, 3.05) is 6.54 Å². The average molecular weight is 217 g/mol. The topological polar surface area (TPSA) is 86.6 Å². The molecule has 0 aliphatic carbocycles. The first kappa shape index (κ1) is 13.9. The Hall–Kier alpha value is -1.10. The molecule has 0 aliphatic rings. The Morgan fingerprint density at radius 3 is 2.40 bits per heavy atom. The highest BCUT2D eigenvalue weighted by Crippen LogP contribution is 2.04. The molecule has 0 saturated heterocycles. The van der Waals surface area contributed by atoms with Gasteiger partial charge in [-0.3, -0.25) is 4.79 Å². The number of carbonyl (C=O) groups excluding carboxylic acids is 1. The predicted octanol–water partition coefficient (Wildman–Crippen LogP) is 0.374. The molecule has 0 aromatic heterocycles.